The molecule has 96 valence electrons. The molecule has 0 bridgehead atoms. The summed E-state index contributed by atoms with van der Waals surface area (Å²) in [6.45, 7) is 6.28. The van der Waals surface area contributed by atoms with E-state index in [1.54, 1.807) is 11.3 Å². The van der Waals surface area contributed by atoms with Gasteiger partial charge in [-0.2, -0.15) is 0 Å². The maximum absolute atomic E-state index is 4.31. The number of aryl methyl sites for hydroxylation is 1. The first-order valence-corrected chi connectivity index (χ1v) is 7.01. The number of unbranched alkanes of at least 4 members (excludes halogenated alkanes) is 1. The number of rotatable bonds is 5. The van der Waals surface area contributed by atoms with Crippen molar-refractivity contribution < 1.29 is 0 Å². The molecule has 0 aliphatic rings. The Hall–Kier alpha value is -1.03. The van der Waals surface area contributed by atoms with Gasteiger partial charge in [-0.05, 0) is 30.4 Å². The molecule has 1 aromatic rings. The molecule has 4 heteroatoms. The Labute approximate surface area is 109 Å². The molecule has 17 heavy (non-hydrogen) atoms. The molecule has 0 aliphatic heterocycles. The van der Waals surface area contributed by atoms with Crippen molar-refractivity contribution in [1.29, 1.82) is 0 Å². The standard InChI is InChI=1S/C13H23N3S/c1-5-6-8-16(4)13(14-3)15-10-12-11(2)7-9-17-12/h7,9H,5-6,8,10H2,1-4H3,(H,14,15). The molecule has 0 unspecified atom stereocenters. The Morgan fingerprint density at radius 1 is 1.53 bits per heavy atom. The number of hydrogen-bond donors (Lipinski definition) is 1. The van der Waals surface area contributed by atoms with Crippen LogP contribution in [-0.2, 0) is 6.54 Å². The highest BCUT2D eigenvalue weighted by Crippen LogP contribution is 2.14. The van der Waals surface area contributed by atoms with E-state index in [-0.39, 0.29) is 0 Å². The molecule has 1 aromatic heterocycles. The van der Waals surface area contributed by atoms with E-state index in [4.69, 9.17) is 0 Å². The van der Waals surface area contributed by atoms with E-state index < -0.39 is 0 Å². The minimum absolute atomic E-state index is 0.868. The molecule has 0 fully saturated rings. The van der Waals surface area contributed by atoms with Crippen LogP contribution in [0.4, 0.5) is 0 Å². The summed E-state index contributed by atoms with van der Waals surface area (Å²) in [7, 11) is 3.93. The maximum atomic E-state index is 4.31. The van der Waals surface area contributed by atoms with Gasteiger partial charge in [0, 0.05) is 25.5 Å². The van der Waals surface area contributed by atoms with Gasteiger partial charge in [0.2, 0.25) is 0 Å². The minimum Gasteiger partial charge on any atom is -0.351 e. The topological polar surface area (TPSA) is 27.6 Å². The number of aliphatic imine (C=N–C) groups is 1. The normalized spacial score (nSPS) is 11.6. The Morgan fingerprint density at radius 2 is 2.29 bits per heavy atom. The second-order valence-electron chi connectivity index (χ2n) is 4.20. The van der Waals surface area contributed by atoms with Gasteiger partial charge in [0.15, 0.2) is 5.96 Å². The van der Waals surface area contributed by atoms with Crippen molar-refractivity contribution in [2.45, 2.75) is 33.2 Å². The number of thiophene rings is 1. The molecule has 1 rings (SSSR count). The summed E-state index contributed by atoms with van der Waals surface area (Å²) in [6.07, 6.45) is 2.42. The molecular formula is C13H23N3S. The van der Waals surface area contributed by atoms with E-state index in [2.05, 4.69) is 47.6 Å². The summed E-state index contributed by atoms with van der Waals surface area (Å²) in [4.78, 5) is 7.88. The zero-order chi connectivity index (χ0) is 12.7. The molecule has 0 amide bonds. The van der Waals surface area contributed by atoms with Crippen LogP contribution in [0.5, 0.6) is 0 Å². The molecule has 0 aromatic carbocycles. The van der Waals surface area contributed by atoms with Crippen molar-refractivity contribution in [3.05, 3.63) is 21.9 Å². The van der Waals surface area contributed by atoms with Crippen LogP contribution in [0.25, 0.3) is 0 Å². The van der Waals surface area contributed by atoms with Crippen molar-refractivity contribution in [1.82, 2.24) is 10.2 Å². The lowest BCUT2D eigenvalue weighted by molar-refractivity contribution is 0.465. The lowest BCUT2D eigenvalue weighted by atomic mass is 10.3. The predicted molar refractivity (Wildman–Crippen MR) is 76.8 cm³/mol. The third-order valence-electron chi connectivity index (χ3n) is 2.80. The average Bonchev–Trinajstić information content (AvgIpc) is 2.73. The van der Waals surface area contributed by atoms with Gasteiger partial charge < -0.3 is 10.2 Å². The molecule has 0 radical (unpaired) electrons. The van der Waals surface area contributed by atoms with E-state index in [1.807, 2.05) is 7.05 Å². The van der Waals surface area contributed by atoms with E-state index in [9.17, 15) is 0 Å². The summed E-state index contributed by atoms with van der Waals surface area (Å²) in [6, 6.07) is 2.16. The highest BCUT2D eigenvalue weighted by molar-refractivity contribution is 7.10. The molecule has 0 spiro atoms. The van der Waals surface area contributed by atoms with E-state index >= 15 is 0 Å². The molecule has 0 aliphatic carbocycles. The molecule has 0 saturated heterocycles. The molecule has 3 nitrogen and oxygen atoms in total. The third-order valence-corrected chi connectivity index (χ3v) is 3.82. The number of guanidine groups is 1. The Kier molecular flexibility index (Phi) is 6.05. The highest BCUT2D eigenvalue weighted by Gasteiger charge is 2.06. The highest BCUT2D eigenvalue weighted by atomic mass is 32.1. The number of hydrogen-bond acceptors (Lipinski definition) is 2. The van der Waals surface area contributed by atoms with Gasteiger partial charge in [-0.3, -0.25) is 4.99 Å². The van der Waals surface area contributed by atoms with Crippen LogP contribution >= 0.6 is 11.3 Å². The summed E-state index contributed by atoms with van der Waals surface area (Å²) in [5.74, 6) is 0.978. The van der Waals surface area contributed by atoms with Gasteiger partial charge in [0.05, 0.1) is 6.54 Å². The summed E-state index contributed by atoms with van der Waals surface area (Å²) < 4.78 is 0. The van der Waals surface area contributed by atoms with Gasteiger partial charge in [-0.1, -0.05) is 13.3 Å². The Bertz CT molecular complexity index is 357. The van der Waals surface area contributed by atoms with E-state index in [0.29, 0.717) is 0 Å². The molecule has 0 saturated carbocycles. The fourth-order valence-electron chi connectivity index (χ4n) is 1.63. The van der Waals surface area contributed by atoms with Crippen molar-refractivity contribution in [3.63, 3.8) is 0 Å². The monoisotopic (exact) mass is 253 g/mol. The van der Waals surface area contributed by atoms with Crippen LogP contribution in [0.3, 0.4) is 0 Å². The van der Waals surface area contributed by atoms with Crippen molar-refractivity contribution >= 4 is 17.3 Å². The quantitative estimate of drug-likeness (QED) is 0.645. The molecule has 1 heterocycles. The second kappa shape index (κ2) is 7.33. The van der Waals surface area contributed by atoms with Crippen LogP contribution in [-0.4, -0.2) is 31.5 Å². The first-order valence-electron chi connectivity index (χ1n) is 6.13. The fourth-order valence-corrected chi connectivity index (χ4v) is 2.48. The zero-order valence-corrected chi connectivity index (χ0v) is 12.1. The van der Waals surface area contributed by atoms with Crippen molar-refractivity contribution in [2.75, 3.05) is 20.6 Å². The second-order valence-corrected chi connectivity index (χ2v) is 5.20. The van der Waals surface area contributed by atoms with Gasteiger partial charge in [-0.15, -0.1) is 11.3 Å². The summed E-state index contributed by atoms with van der Waals surface area (Å²) >= 11 is 1.80. The van der Waals surface area contributed by atoms with Gasteiger partial charge in [0.1, 0.15) is 0 Å². The first kappa shape index (κ1) is 14.0. The molecular weight excluding hydrogens is 230 g/mol. The van der Waals surface area contributed by atoms with Crippen LogP contribution < -0.4 is 5.32 Å². The maximum Gasteiger partial charge on any atom is 0.193 e. The Balaban J connectivity index is 2.45. The van der Waals surface area contributed by atoms with Crippen molar-refractivity contribution in [3.8, 4) is 0 Å². The third kappa shape index (κ3) is 4.38. The van der Waals surface area contributed by atoms with Crippen LogP contribution in [0.15, 0.2) is 16.4 Å². The number of nitrogens with one attached hydrogen (secondary N) is 1. The van der Waals surface area contributed by atoms with E-state index in [1.165, 1.54) is 23.3 Å². The smallest absolute Gasteiger partial charge is 0.193 e. The number of nitrogens with zero attached hydrogens (tertiary/aromatic N) is 2. The van der Waals surface area contributed by atoms with Gasteiger partial charge >= 0.3 is 0 Å². The largest absolute Gasteiger partial charge is 0.351 e. The SMILES string of the molecule is CCCCN(C)C(=NC)NCc1sccc1C. The van der Waals surface area contributed by atoms with Crippen LogP contribution in [0.1, 0.15) is 30.2 Å². The van der Waals surface area contributed by atoms with Crippen molar-refractivity contribution in [2.24, 2.45) is 4.99 Å². The van der Waals surface area contributed by atoms with Gasteiger partial charge in [0.25, 0.3) is 0 Å². The lowest BCUT2D eigenvalue weighted by Gasteiger charge is -2.21. The zero-order valence-electron chi connectivity index (χ0n) is 11.3. The minimum atomic E-state index is 0.868. The molecule has 0 atom stereocenters. The first-order chi connectivity index (χ1) is 8.19. The van der Waals surface area contributed by atoms with Crippen LogP contribution in [0, 0.1) is 6.92 Å². The predicted octanol–water partition coefficient (Wildman–Crippen LogP) is 2.86. The Morgan fingerprint density at radius 3 is 2.82 bits per heavy atom. The average molecular weight is 253 g/mol. The van der Waals surface area contributed by atoms with Crippen LogP contribution in [0.2, 0.25) is 0 Å². The van der Waals surface area contributed by atoms with E-state index in [0.717, 1.165) is 19.0 Å². The lowest BCUT2D eigenvalue weighted by Crippen LogP contribution is -2.38. The summed E-state index contributed by atoms with van der Waals surface area (Å²) in [5, 5.41) is 5.54. The fraction of sp³-hybridized carbons (Fsp3) is 0.615. The molecule has 1 N–H and O–H groups in total. The summed E-state index contributed by atoms with van der Waals surface area (Å²) in [5.41, 5.74) is 1.36. The van der Waals surface area contributed by atoms with Gasteiger partial charge in [-0.25, -0.2) is 0 Å².